The molecule has 8 heteroatoms. The zero-order valence-corrected chi connectivity index (χ0v) is 17.1. The number of sulfonamides is 1. The van der Waals surface area contributed by atoms with Gasteiger partial charge in [-0.15, -0.1) is 0 Å². The summed E-state index contributed by atoms with van der Waals surface area (Å²) in [5.74, 6) is 1.57. The van der Waals surface area contributed by atoms with Gasteiger partial charge in [0.15, 0.2) is 5.82 Å². The van der Waals surface area contributed by atoms with E-state index in [1.165, 1.54) is 0 Å². The minimum absolute atomic E-state index is 0.125. The average Bonchev–Trinajstić information content (AvgIpc) is 2.73. The highest BCUT2D eigenvalue weighted by atomic mass is 35.5. The Balaban J connectivity index is 1.74. The predicted octanol–water partition coefficient (Wildman–Crippen LogP) is 3.42. The molecule has 1 aromatic heterocycles. The first-order valence-electron chi connectivity index (χ1n) is 9.23. The van der Waals surface area contributed by atoms with Gasteiger partial charge in [-0.1, -0.05) is 41.9 Å². The van der Waals surface area contributed by atoms with E-state index in [9.17, 15) is 8.42 Å². The van der Waals surface area contributed by atoms with Gasteiger partial charge in [0.05, 0.1) is 11.3 Å². The van der Waals surface area contributed by atoms with Crippen molar-refractivity contribution in [2.45, 2.75) is 6.92 Å². The first-order chi connectivity index (χ1) is 13.5. The smallest absolute Gasteiger partial charge is 0.213 e. The van der Waals surface area contributed by atoms with Crippen molar-refractivity contribution in [3.63, 3.8) is 0 Å². The molecule has 2 heterocycles. The fraction of sp³-hybridized carbons (Fsp3) is 0.300. The second-order valence-electron chi connectivity index (χ2n) is 6.68. The Hall–Kier alpha value is -2.22. The van der Waals surface area contributed by atoms with Crippen molar-refractivity contribution in [2.24, 2.45) is 0 Å². The number of nitrogens with zero attached hydrogens (tertiary/aromatic N) is 4. The molecular formula is C20H21ClN4O2S. The Morgan fingerprint density at radius 2 is 1.71 bits per heavy atom. The van der Waals surface area contributed by atoms with Crippen LogP contribution in [-0.4, -0.2) is 54.6 Å². The van der Waals surface area contributed by atoms with Crippen molar-refractivity contribution < 1.29 is 8.42 Å². The second-order valence-corrected chi connectivity index (χ2v) is 9.38. The number of halogens is 1. The fourth-order valence-electron chi connectivity index (χ4n) is 3.40. The lowest BCUT2D eigenvalue weighted by molar-refractivity contribution is 0.385. The molecule has 0 saturated carbocycles. The third kappa shape index (κ3) is 3.70. The summed E-state index contributed by atoms with van der Waals surface area (Å²) in [5.41, 5.74) is 1.71. The van der Waals surface area contributed by atoms with Gasteiger partial charge in [-0.25, -0.2) is 18.4 Å². The molecule has 4 rings (SSSR count). The van der Waals surface area contributed by atoms with E-state index in [1.807, 2.05) is 48.5 Å². The minimum atomic E-state index is -3.17. The Morgan fingerprint density at radius 1 is 1.00 bits per heavy atom. The number of anilines is 1. The number of piperazine rings is 1. The minimum Gasteiger partial charge on any atom is -0.353 e. The summed E-state index contributed by atoms with van der Waals surface area (Å²) in [6.45, 7) is 3.76. The molecule has 2 aromatic carbocycles. The largest absolute Gasteiger partial charge is 0.353 e. The lowest BCUT2D eigenvalue weighted by Gasteiger charge is -2.35. The summed E-state index contributed by atoms with van der Waals surface area (Å²) in [5, 5.41) is 1.53. The van der Waals surface area contributed by atoms with E-state index in [1.54, 1.807) is 11.2 Å². The van der Waals surface area contributed by atoms with E-state index in [-0.39, 0.29) is 5.75 Å². The van der Waals surface area contributed by atoms with Crippen LogP contribution in [0.15, 0.2) is 48.5 Å². The molecule has 0 spiro atoms. The molecule has 1 aliphatic rings. The molecule has 1 aliphatic heterocycles. The van der Waals surface area contributed by atoms with Gasteiger partial charge >= 0.3 is 0 Å². The van der Waals surface area contributed by atoms with Crippen LogP contribution in [0, 0.1) is 0 Å². The number of hydrogen-bond donors (Lipinski definition) is 0. The van der Waals surface area contributed by atoms with E-state index in [2.05, 4.69) is 4.90 Å². The van der Waals surface area contributed by atoms with Gasteiger partial charge in [0.1, 0.15) is 5.82 Å². The third-order valence-corrected chi connectivity index (χ3v) is 7.08. The standard InChI is InChI=1S/C20H21ClN4O2S/c1-2-28(26,27)25-12-10-24(11-13-25)20-17-9-8-16(21)14-18(17)22-19(23-20)15-6-4-3-5-7-15/h3-9,14H,2,10-13H2,1H3. The molecule has 3 aromatic rings. The van der Waals surface area contributed by atoms with Gasteiger partial charge in [-0.2, -0.15) is 4.31 Å². The maximum Gasteiger partial charge on any atom is 0.213 e. The Kier molecular flexibility index (Phi) is 5.23. The summed E-state index contributed by atoms with van der Waals surface area (Å²) in [6.07, 6.45) is 0. The first-order valence-corrected chi connectivity index (χ1v) is 11.2. The maximum absolute atomic E-state index is 12.2. The van der Waals surface area contributed by atoms with Gasteiger partial charge in [-0.3, -0.25) is 0 Å². The predicted molar refractivity (Wildman–Crippen MR) is 113 cm³/mol. The highest BCUT2D eigenvalue weighted by Gasteiger charge is 2.27. The average molecular weight is 417 g/mol. The fourth-order valence-corrected chi connectivity index (χ4v) is 4.66. The van der Waals surface area contributed by atoms with Crippen LogP contribution in [-0.2, 0) is 10.0 Å². The summed E-state index contributed by atoms with van der Waals surface area (Å²) in [6, 6.07) is 15.4. The van der Waals surface area contributed by atoms with Crippen molar-refractivity contribution in [2.75, 3.05) is 36.8 Å². The lowest BCUT2D eigenvalue weighted by Crippen LogP contribution is -2.49. The Bertz CT molecular complexity index is 1100. The van der Waals surface area contributed by atoms with E-state index in [0.29, 0.717) is 37.0 Å². The quantitative estimate of drug-likeness (QED) is 0.651. The highest BCUT2D eigenvalue weighted by Crippen LogP contribution is 2.30. The molecule has 6 nitrogen and oxygen atoms in total. The van der Waals surface area contributed by atoms with Crippen LogP contribution in [0.1, 0.15) is 6.92 Å². The molecule has 28 heavy (non-hydrogen) atoms. The van der Waals surface area contributed by atoms with Crippen LogP contribution in [0.25, 0.3) is 22.3 Å². The number of hydrogen-bond acceptors (Lipinski definition) is 5. The van der Waals surface area contributed by atoms with E-state index < -0.39 is 10.0 Å². The van der Waals surface area contributed by atoms with Gasteiger partial charge in [0.2, 0.25) is 10.0 Å². The maximum atomic E-state index is 12.2. The van der Waals surface area contributed by atoms with Gasteiger partial charge < -0.3 is 4.90 Å². The summed E-state index contributed by atoms with van der Waals surface area (Å²) in [7, 11) is -3.17. The van der Waals surface area contributed by atoms with Crippen molar-refractivity contribution in [3.8, 4) is 11.4 Å². The van der Waals surface area contributed by atoms with Gasteiger partial charge in [0.25, 0.3) is 0 Å². The van der Waals surface area contributed by atoms with Crippen LogP contribution < -0.4 is 4.90 Å². The molecule has 146 valence electrons. The summed E-state index contributed by atoms with van der Waals surface area (Å²) in [4.78, 5) is 11.7. The van der Waals surface area contributed by atoms with Crippen molar-refractivity contribution in [1.82, 2.24) is 14.3 Å². The van der Waals surface area contributed by atoms with Crippen LogP contribution in [0.4, 0.5) is 5.82 Å². The topological polar surface area (TPSA) is 66.4 Å². The zero-order valence-electron chi connectivity index (χ0n) is 15.5. The highest BCUT2D eigenvalue weighted by molar-refractivity contribution is 7.89. The molecule has 0 radical (unpaired) electrons. The molecule has 0 unspecified atom stereocenters. The summed E-state index contributed by atoms with van der Waals surface area (Å²) >= 11 is 6.19. The number of aromatic nitrogens is 2. The lowest BCUT2D eigenvalue weighted by atomic mass is 10.1. The number of fused-ring (bicyclic) bond motifs is 1. The monoisotopic (exact) mass is 416 g/mol. The molecule has 0 aliphatic carbocycles. The molecular weight excluding hydrogens is 396 g/mol. The third-order valence-electron chi connectivity index (χ3n) is 4.97. The molecule has 0 amide bonds. The molecule has 1 saturated heterocycles. The van der Waals surface area contributed by atoms with E-state index in [4.69, 9.17) is 21.6 Å². The van der Waals surface area contributed by atoms with Crippen LogP contribution >= 0.6 is 11.6 Å². The van der Waals surface area contributed by atoms with E-state index in [0.717, 1.165) is 22.3 Å². The van der Waals surface area contributed by atoms with Crippen molar-refractivity contribution >= 4 is 38.3 Å². The molecule has 0 atom stereocenters. The number of rotatable bonds is 4. The van der Waals surface area contributed by atoms with Crippen LogP contribution in [0.5, 0.6) is 0 Å². The summed E-state index contributed by atoms with van der Waals surface area (Å²) < 4.78 is 25.9. The molecule has 1 fully saturated rings. The van der Waals surface area contributed by atoms with Crippen molar-refractivity contribution in [3.05, 3.63) is 53.6 Å². The van der Waals surface area contributed by atoms with Crippen molar-refractivity contribution in [1.29, 1.82) is 0 Å². The Labute approximate surface area is 169 Å². The van der Waals surface area contributed by atoms with Crippen LogP contribution in [0.3, 0.4) is 0 Å². The second kappa shape index (κ2) is 7.66. The van der Waals surface area contributed by atoms with Gasteiger partial charge in [-0.05, 0) is 25.1 Å². The normalized spacial score (nSPS) is 15.9. The first kappa shape index (κ1) is 19.1. The Morgan fingerprint density at radius 3 is 2.39 bits per heavy atom. The SMILES string of the molecule is CCS(=O)(=O)N1CCN(c2nc(-c3ccccc3)nc3cc(Cl)ccc23)CC1. The van der Waals surface area contributed by atoms with E-state index >= 15 is 0 Å². The molecule has 0 N–H and O–H groups in total. The molecule has 0 bridgehead atoms. The van der Waals surface area contributed by atoms with Crippen LogP contribution in [0.2, 0.25) is 5.02 Å². The van der Waals surface area contributed by atoms with Gasteiger partial charge in [0, 0.05) is 42.2 Å². The number of benzene rings is 2. The zero-order chi connectivity index (χ0) is 19.7.